The summed E-state index contributed by atoms with van der Waals surface area (Å²) in [5, 5.41) is 9.27. The van der Waals surface area contributed by atoms with E-state index in [4.69, 9.17) is 10.2 Å². The van der Waals surface area contributed by atoms with Gasteiger partial charge in [0.1, 0.15) is 11.8 Å². The summed E-state index contributed by atoms with van der Waals surface area (Å²) < 4.78 is 9.29. The summed E-state index contributed by atoms with van der Waals surface area (Å²) in [5.41, 5.74) is 7.21. The monoisotopic (exact) mass is 356 g/mol. The number of nitrogens with two attached hydrogens (primary N) is 1. The van der Waals surface area contributed by atoms with Crippen molar-refractivity contribution >= 4 is 28.7 Å². The van der Waals surface area contributed by atoms with Crippen molar-refractivity contribution in [2.45, 2.75) is 18.1 Å². The lowest BCUT2D eigenvalue weighted by atomic mass is 10.4. The van der Waals surface area contributed by atoms with Gasteiger partial charge in [0.25, 0.3) is 0 Å². The number of nitrogen functional groups attached to an aromatic ring is 1. The van der Waals surface area contributed by atoms with E-state index >= 15 is 0 Å². The van der Waals surface area contributed by atoms with Crippen molar-refractivity contribution < 1.29 is 4.42 Å². The Morgan fingerprint density at radius 1 is 1.24 bits per heavy atom. The summed E-state index contributed by atoms with van der Waals surface area (Å²) in [7, 11) is 1.93. The van der Waals surface area contributed by atoms with Gasteiger partial charge in [-0.1, -0.05) is 11.8 Å². The quantitative estimate of drug-likeness (QED) is 0.412. The van der Waals surface area contributed by atoms with Crippen LogP contribution in [0.4, 0.5) is 5.82 Å². The molecular weight excluding hydrogens is 340 g/mol. The Labute approximate surface area is 147 Å². The van der Waals surface area contributed by atoms with Gasteiger partial charge in [0, 0.05) is 19.3 Å². The van der Waals surface area contributed by atoms with Crippen LogP contribution in [0.2, 0.25) is 0 Å². The number of anilines is 1. The molecule has 0 aromatic carbocycles. The first-order valence-electron chi connectivity index (χ1n) is 7.71. The molecule has 4 aromatic rings. The summed E-state index contributed by atoms with van der Waals surface area (Å²) in [6.07, 6.45) is 5.77. The molecule has 0 radical (unpaired) electrons. The van der Waals surface area contributed by atoms with Crippen LogP contribution in [-0.2, 0) is 13.6 Å². The molecule has 10 heteroatoms. The van der Waals surface area contributed by atoms with Crippen molar-refractivity contribution in [1.29, 1.82) is 0 Å². The molecule has 0 atom stereocenters. The van der Waals surface area contributed by atoms with Gasteiger partial charge in [0.15, 0.2) is 28.2 Å². The first kappa shape index (κ1) is 15.6. The van der Waals surface area contributed by atoms with Crippen molar-refractivity contribution in [3.63, 3.8) is 0 Å². The van der Waals surface area contributed by atoms with Crippen LogP contribution in [0.5, 0.6) is 0 Å². The summed E-state index contributed by atoms with van der Waals surface area (Å²) in [6, 6.07) is 3.71. The molecule has 0 unspecified atom stereocenters. The second kappa shape index (κ2) is 6.55. The third kappa shape index (κ3) is 2.95. The van der Waals surface area contributed by atoms with E-state index in [-0.39, 0.29) is 0 Å². The molecule has 0 saturated heterocycles. The molecule has 0 aliphatic carbocycles. The van der Waals surface area contributed by atoms with Gasteiger partial charge >= 0.3 is 0 Å². The lowest BCUT2D eigenvalue weighted by Crippen LogP contribution is -2.01. The molecular formula is C15H16N8OS. The van der Waals surface area contributed by atoms with Gasteiger partial charge in [0.2, 0.25) is 0 Å². The molecule has 128 valence electrons. The number of rotatable bonds is 6. The topological polar surface area (TPSA) is 113 Å². The van der Waals surface area contributed by atoms with Gasteiger partial charge in [-0.05, 0) is 18.6 Å². The van der Waals surface area contributed by atoms with E-state index in [1.54, 1.807) is 24.4 Å². The normalized spacial score (nSPS) is 11.4. The summed E-state index contributed by atoms with van der Waals surface area (Å²) in [4.78, 5) is 12.5. The molecule has 0 amide bonds. The third-order valence-corrected chi connectivity index (χ3v) is 4.89. The van der Waals surface area contributed by atoms with E-state index in [2.05, 4.69) is 25.1 Å². The Hall–Kier alpha value is -2.88. The van der Waals surface area contributed by atoms with Gasteiger partial charge in [-0.15, -0.1) is 10.2 Å². The van der Waals surface area contributed by atoms with Crippen LogP contribution >= 0.6 is 11.8 Å². The number of aromatic nitrogens is 7. The van der Waals surface area contributed by atoms with E-state index in [1.165, 1.54) is 6.33 Å². The van der Waals surface area contributed by atoms with Gasteiger partial charge in [-0.3, -0.25) is 0 Å². The van der Waals surface area contributed by atoms with E-state index in [0.29, 0.717) is 17.1 Å². The summed E-state index contributed by atoms with van der Waals surface area (Å²) in [5.74, 6) is 2.73. The molecule has 4 rings (SSSR count). The van der Waals surface area contributed by atoms with Crippen LogP contribution in [0.3, 0.4) is 0 Å². The molecule has 0 bridgehead atoms. The van der Waals surface area contributed by atoms with Crippen LogP contribution in [-0.4, -0.2) is 40.0 Å². The maximum Gasteiger partial charge on any atom is 0.200 e. The largest absolute Gasteiger partial charge is 0.461 e. The standard InChI is InChI=1S/C15H16N8OS/c1-22-13(10-4-2-6-24-10)20-21-15(22)25-7-3-5-23-9-19-11-12(16)17-8-18-14(11)23/h2,4,6,8-9H,3,5,7H2,1H3,(H2,16,17,18). The second-order valence-electron chi connectivity index (χ2n) is 5.41. The van der Waals surface area contributed by atoms with Crippen LogP contribution in [0.1, 0.15) is 6.42 Å². The zero-order chi connectivity index (χ0) is 17.2. The lowest BCUT2D eigenvalue weighted by molar-refractivity contribution is 0.572. The highest BCUT2D eigenvalue weighted by Gasteiger charge is 2.13. The number of thioether (sulfide) groups is 1. The van der Waals surface area contributed by atoms with Gasteiger partial charge < -0.3 is 19.3 Å². The smallest absolute Gasteiger partial charge is 0.200 e. The Bertz CT molecular complexity index is 990. The maximum atomic E-state index is 5.80. The fourth-order valence-corrected chi connectivity index (χ4v) is 3.36. The molecule has 0 saturated carbocycles. The highest BCUT2D eigenvalue weighted by Crippen LogP contribution is 2.23. The minimum absolute atomic E-state index is 0.405. The molecule has 9 nitrogen and oxygen atoms in total. The number of furan rings is 1. The molecule has 25 heavy (non-hydrogen) atoms. The SMILES string of the molecule is Cn1c(SCCCn2cnc3c(N)ncnc32)nnc1-c1ccco1. The lowest BCUT2D eigenvalue weighted by Gasteiger charge is -2.04. The first-order valence-corrected chi connectivity index (χ1v) is 8.70. The summed E-state index contributed by atoms with van der Waals surface area (Å²) >= 11 is 1.65. The zero-order valence-corrected chi connectivity index (χ0v) is 14.3. The number of imidazole rings is 1. The van der Waals surface area contributed by atoms with Gasteiger partial charge in [-0.25, -0.2) is 15.0 Å². The van der Waals surface area contributed by atoms with Crippen LogP contribution in [0, 0.1) is 0 Å². The number of hydrogen-bond donors (Lipinski definition) is 1. The Kier molecular flexibility index (Phi) is 4.10. The Morgan fingerprint density at radius 2 is 2.16 bits per heavy atom. The van der Waals surface area contributed by atoms with Crippen LogP contribution in [0.25, 0.3) is 22.7 Å². The van der Waals surface area contributed by atoms with Crippen molar-refractivity contribution in [2.24, 2.45) is 7.05 Å². The predicted molar refractivity (Wildman–Crippen MR) is 93.8 cm³/mol. The van der Waals surface area contributed by atoms with E-state index in [1.807, 2.05) is 28.3 Å². The Morgan fingerprint density at radius 3 is 3.00 bits per heavy atom. The van der Waals surface area contributed by atoms with E-state index in [9.17, 15) is 0 Å². The zero-order valence-electron chi connectivity index (χ0n) is 13.5. The van der Waals surface area contributed by atoms with Crippen molar-refractivity contribution in [3.8, 4) is 11.6 Å². The minimum atomic E-state index is 0.405. The molecule has 2 N–H and O–H groups in total. The highest BCUT2D eigenvalue weighted by molar-refractivity contribution is 7.99. The number of hydrogen-bond acceptors (Lipinski definition) is 8. The van der Waals surface area contributed by atoms with Gasteiger partial charge in [0.05, 0.1) is 12.6 Å². The minimum Gasteiger partial charge on any atom is -0.461 e. The van der Waals surface area contributed by atoms with Gasteiger partial charge in [-0.2, -0.15) is 0 Å². The third-order valence-electron chi connectivity index (χ3n) is 3.78. The second-order valence-corrected chi connectivity index (χ2v) is 6.48. The number of fused-ring (bicyclic) bond motifs is 1. The van der Waals surface area contributed by atoms with Crippen LogP contribution < -0.4 is 5.73 Å². The fraction of sp³-hybridized carbons (Fsp3) is 0.267. The first-order chi connectivity index (χ1) is 12.2. The average molecular weight is 356 g/mol. The number of aryl methyl sites for hydroxylation is 1. The highest BCUT2D eigenvalue weighted by atomic mass is 32.2. The molecule has 4 heterocycles. The molecule has 0 aliphatic rings. The molecule has 4 aromatic heterocycles. The molecule has 0 fully saturated rings. The summed E-state index contributed by atoms with van der Waals surface area (Å²) in [6.45, 7) is 0.794. The predicted octanol–water partition coefficient (Wildman–Crippen LogP) is 1.98. The molecule has 0 aliphatic heterocycles. The number of nitrogens with zero attached hydrogens (tertiary/aromatic N) is 7. The van der Waals surface area contributed by atoms with Crippen LogP contribution in [0.15, 0.2) is 40.6 Å². The maximum absolute atomic E-state index is 5.80. The average Bonchev–Trinajstić information content (AvgIpc) is 3.33. The van der Waals surface area contributed by atoms with Crippen molar-refractivity contribution in [3.05, 3.63) is 31.1 Å². The molecule has 0 spiro atoms. The van der Waals surface area contributed by atoms with Crippen molar-refractivity contribution in [2.75, 3.05) is 11.5 Å². The van der Waals surface area contributed by atoms with E-state index < -0.39 is 0 Å². The fourth-order valence-electron chi connectivity index (χ4n) is 2.52. The van der Waals surface area contributed by atoms with E-state index in [0.717, 1.165) is 35.3 Å². The Balaban J connectivity index is 1.38. The van der Waals surface area contributed by atoms with Crippen molar-refractivity contribution in [1.82, 2.24) is 34.3 Å².